The Balaban J connectivity index is 1.19. The van der Waals surface area contributed by atoms with E-state index < -0.39 is 5.41 Å². The summed E-state index contributed by atoms with van der Waals surface area (Å²) in [5.41, 5.74) is 12.4. The number of rotatable bonds is 4. The molecule has 0 saturated heterocycles. The fourth-order valence-corrected chi connectivity index (χ4v) is 7.60. The number of hydrogen-bond donors (Lipinski definition) is 0. The molecule has 45 heavy (non-hydrogen) atoms. The molecule has 0 saturated carbocycles. The predicted molar refractivity (Wildman–Crippen MR) is 190 cm³/mol. The van der Waals surface area contributed by atoms with Gasteiger partial charge in [-0.2, -0.15) is 0 Å². The van der Waals surface area contributed by atoms with Crippen LogP contribution < -0.4 is 0 Å². The van der Waals surface area contributed by atoms with Crippen molar-refractivity contribution in [3.8, 4) is 33.4 Å². The summed E-state index contributed by atoms with van der Waals surface area (Å²) in [6, 6.07) is 67.1. The molecule has 1 aliphatic carbocycles. The first kappa shape index (κ1) is 25.7. The smallest absolute Gasteiger partial charge is 0.0622 e. The lowest BCUT2D eigenvalue weighted by atomic mass is 9.67. The van der Waals surface area contributed by atoms with Gasteiger partial charge < -0.3 is 0 Å². The van der Waals surface area contributed by atoms with Crippen LogP contribution in [0.5, 0.6) is 0 Å². The van der Waals surface area contributed by atoms with Gasteiger partial charge >= 0.3 is 0 Å². The molecule has 0 unspecified atom stereocenters. The van der Waals surface area contributed by atoms with Crippen molar-refractivity contribution in [3.63, 3.8) is 0 Å². The summed E-state index contributed by atoms with van der Waals surface area (Å²) in [5.74, 6) is 0. The Bertz CT molecular complexity index is 2320. The van der Waals surface area contributed by atoms with Crippen LogP contribution in [0, 0.1) is 0 Å². The molecule has 0 atom stereocenters. The molecule has 0 fully saturated rings. The summed E-state index contributed by atoms with van der Waals surface area (Å²) in [7, 11) is 0. The minimum Gasteiger partial charge on any atom is -0.0622 e. The summed E-state index contributed by atoms with van der Waals surface area (Å²) in [4.78, 5) is 0. The monoisotopic (exact) mass is 570 g/mol. The van der Waals surface area contributed by atoms with Gasteiger partial charge in [-0.15, -0.1) is 0 Å². The van der Waals surface area contributed by atoms with E-state index in [1.807, 2.05) is 0 Å². The summed E-state index contributed by atoms with van der Waals surface area (Å²) in [6.45, 7) is 0. The zero-order valence-electron chi connectivity index (χ0n) is 24.8. The minimum atomic E-state index is -0.393. The number of benzene rings is 8. The standard InChI is InChI=1S/C45H30/c1-3-13-39(14-4-1)45(40-15-5-2-6-16-40)43-18-10-9-17-41(43)42-26-25-38(30-44(42)45)37-24-23-35-28-34(21-22-36(35)29-37)33-20-19-31-11-7-8-12-32(31)27-33/h1-30H. The Morgan fingerprint density at radius 2 is 0.689 bits per heavy atom. The summed E-state index contributed by atoms with van der Waals surface area (Å²) < 4.78 is 0. The molecule has 0 heterocycles. The summed E-state index contributed by atoms with van der Waals surface area (Å²) in [5, 5.41) is 5.04. The maximum Gasteiger partial charge on any atom is 0.0713 e. The van der Waals surface area contributed by atoms with E-state index in [0.717, 1.165) is 0 Å². The van der Waals surface area contributed by atoms with E-state index in [2.05, 4.69) is 182 Å². The maximum absolute atomic E-state index is 2.44. The van der Waals surface area contributed by atoms with Crippen molar-refractivity contribution >= 4 is 21.5 Å². The van der Waals surface area contributed by atoms with E-state index in [9.17, 15) is 0 Å². The molecule has 8 aromatic rings. The Morgan fingerprint density at radius 1 is 0.267 bits per heavy atom. The fraction of sp³-hybridized carbons (Fsp3) is 0.0222. The molecule has 0 heteroatoms. The average Bonchev–Trinajstić information content (AvgIpc) is 3.42. The molecule has 0 amide bonds. The number of fused-ring (bicyclic) bond motifs is 5. The van der Waals surface area contributed by atoms with Gasteiger partial charge in [0.05, 0.1) is 5.41 Å². The van der Waals surface area contributed by atoms with Crippen molar-refractivity contribution in [3.05, 3.63) is 204 Å². The predicted octanol–water partition coefficient (Wildman–Crippen LogP) is 11.7. The Labute approximate surface area is 263 Å². The van der Waals surface area contributed by atoms with Crippen LogP contribution in [0.2, 0.25) is 0 Å². The highest BCUT2D eigenvalue weighted by atomic mass is 14.5. The van der Waals surface area contributed by atoms with Gasteiger partial charge in [0.15, 0.2) is 0 Å². The third-order valence-electron chi connectivity index (χ3n) is 9.71. The van der Waals surface area contributed by atoms with Crippen LogP contribution in [0.1, 0.15) is 22.3 Å². The van der Waals surface area contributed by atoms with Crippen LogP contribution in [0.4, 0.5) is 0 Å². The first-order valence-electron chi connectivity index (χ1n) is 15.7. The van der Waals surface area contributed by atoms with Crippen molar-refractivity contribution in [1.82, 2.24) is 0 Å². The normalized spacial score (nSPS) is 13.1. The highest BCUT2D eigenvalue weighted by molar-refractivity contribution is 5.94. The second kappa shape index (κ2) is 10.2. The topological polar surface area (TPSA) is 0 Å². The van der Waals surface area contributed by atoms with E-state index in [1.54, 1.807) is 0 Å². The van der Waals surface area contributed by atoms with Gasteiger partial charge in [0, 0.05) is 0 Å². The molecular formula is C45H30. The van der Waals surface area contributed by atoms with E-state index in [4.69, 9.17) is 0 Å². The highest BCUT2D eigenvalue weighted by Gasteiger charge is 2.46. The lowest BCUT2D eigenvalue weighted by Crippen LogP contribution is -2.28. The first-order valence-corrected chi connectivity index (χ1v) is 15.7. The zero-order valence-corrected chi connectivity index (χ0v) is 24.8. The molecule has 8 aromatic carbocycles. The van der Waals surface area contributed by atoms with Gasteiger partial charge in [-0.05, 0) is 101 Å². The third kappa shape index (κ3) is 4.00. The number of hydrogen-bond acceptors (Lipinski definition) is 0. The molecule has 0 aliphatic heterocycles. The minimum absolute atomic E-state index is 0.393. The second-order valence-corrected chi connectivity index (χ2v) is 12.1. The van der Waals surface area contributed by atoms with Gasteiger partial charge in [-0.25, -0.2) is 0 Å². The molecule has 0 radical (unpaired) electrons. The SMILES string of the molecule is c1ccc(C2(c3ccccc3)c3ccccc3-c3ccc(-c4ccc5cc(-c6ccc7ccccc7c6)ccc5c4)cc32)cc1. The average molecular weight is 571 g/mol. The van der Waals surface area contributed by atoms with Gasteiger partial charge in [0.25, 0.3) is 0 Å². The Hall–Kier alpha value is -5.72. The van der Waals surface area contributed by atoms with Crippen LogP contribution in [0.25, 0.3) is 54.9 Å². The molecular weight excluding hydrogens is 540 g/mol. The first-order chi connectivity index (χ1) is 22.3. The fourth-order valence-electron chi connectivity index (χ4n) is 7.60. The van der Waals surface area contributed by atoms with Gasteiger partial charge in [0.1, 0.15) is 0 Å². The quantitative estimate of drug-likeness (QED) is 0.197. The molecule has 210 valence electrons. The van der Waals surface area contributed by atoms with Crippen LogP contribution in [0.3, 0.4) is 0 Å². The van der Waals surface area contributed by atoms with Crippen molar-refractivity contribution < 1.29 is 0 Å². The summed E-state index contributed by atoms with van der Waals surface area (Å²) in [6.07, 6.45) is 0. The van der Waals surface area contributed by atoms with Crippen molar-refractivity contribution in [2.45, 2.75) is 5.41 Å². The van der Waals surface area contributed by atoms with Crippen LogP contribution in [0.15, 0.2) is 182 Å². The molecule has 0 aromatic heterocycles. The van der Waals surface area contributed by atoms with Crippen LogP contribution in [-0.2, 0) is 5.41 Å². The van der Waals surface area contributed by atoms with Crippen LogP contribution >= 0.6 is 0 Å². The molecule has 9 rings (SSSR count). The second-order valence-electron chi connectivity index (χ2n) is 12.1. The largest absolute Gasteiger partial charge is 0.0713 e. The molecule has 0 N–H and O–H groups in total. The molecule has 0 spiro atoms. The third-order valence-corrected chi connectivity index (χ3v) is 9.71. The van der Waals surface area contributed by atoms with E-state index in [0.29, 0.717) is 0 Å². The molecule has 0 bridgehead atoms. The zero-order chi connectivity index (χ0) is 29.8. The lowest BCUT2D eigenvalue weighted by Gasteiger charge is -2.34. The van der Waals surface area contributed by atoms with Gasteiger partial charge in [-0.3, -0.25) is 0 Å². The van der Waals surface area contributed by atoms with E-state index >= 15 is 0 Å². The van der Waals surface area contributed by atoms with Crippen molar-refractivity contribution in [2.75, 3.05) is 0 Å². The maximum atomic E-state index is 2.44. The van der Waals surface area contributed by atoms with Crippen LogP contribution in [-0.4, -0.2) is 0 Å². The molecule has 1 aliphatic rings. The summed E-state index contributed by atoms with van der Waals surface area (Å²) >= 11 is 0. The highest BCUT2D eigenvalue weighted by Crippen LogP contribution is 2.56. The Kier molecular flexibility index (Phi) is 5.83. The van der Waals surface area contributed by atoms with Gasteiger partial charge in [-0.1, -0.05) is 158 Å². The Morgan fingerprint density at radius 3 is 1.31 bits per heavy atom. The van der Waals surface area contributed by atoms with Gasteiger partial charge in [0.2, 0.25) is 0 Å². The van der Waals surface area contributed by atoms with E-state index in [1.165, 1.54) is 77.2 Å². The molecule has 0 nitrogen and oxygen atoms in total. The van der Waals surface area contributed by atoms with Crippen molar-refractivity contribution in [2.24, 2.45) is 0 Å². The van der Waals surface area contributed by atoms with E-state index in [-0.39, 0.29) is 0 Å². The van der Waals surface area contributed by atoms with Crippen molar-refractivity contribution in [1.29, 1.82) is 0 Å². The lowest BCUT2D eigenvalue weighted by molar-refractivity contribution is 0.769.